The molecule has 0 heterocycles. The molecule has 2 heteroatoms. The Bertz CT molecular complexity index is 162. The second-order valence-corrected chi connectivity index (χ2v) is 5.37. The molecule has 1 aliphatic rings. The summed E-state index contributed by atoms with van der Waals surface area (Å²) in [4.78, 5) is 0. The predicted molar refractivity (Wildman–Crippen MR) is 69.7 cm³/mol. The summed E-state index contributed by atoms with van der Waals surface area (Å²) in [6, 6.07) is 1.26. The Morgan fingerprint density at radius 3 is 2.25 bits per heavy atom. The zero-order valence-electron chi connectivity index (χ0n) is 11.3. The minimum atomic E-state index is 0.531. The normalized spacial score (nSPS) is 21.0. The summed E-state index contributed by atoms with van der Waals surface area (Å²) in [7, 11) is 0. The van der Waals surface area contributed by atoms with Gasteiger partial charge < -0.3 is 10.1 Å². The highest BCUT2D eigenvalue weighted by molar-refractivity contribution is 4.78. The molecule has 1 atom stereocenters. The molecule has 0 aromatic rings. The van der Waals surface area contributed by atoms with Crippen LogP contribution < -0.4 is 5.32 Å². The lowest BCUT2D eigenvalue weighted by Gasteiger charge is -2.27. The van der Waals surface area contributed by atoms with Gasteiger partial charge in [-0.05, 0) is 25.7 Å². The molecule has 0 amide bonds. The molecule has 0 aliphatic heterocycles. The van der Waals surface area contributed by atoms with E-state index in [-0.39, 0.29) is 0 Å². The Morgan fingerprint density at radius 1 is 1.12 bits per heavy atom. The van der Waals surface area contributed by atoms with Crippen LogP contribution in [-0.4, -0.2) is 25.3 Å². The van der Waals surface area contributed by atoms with E-state index in [2.05, 4.69) is 26.1 Å². The highest BCUT2D eigenvalue weighted by atomic mass is 16.5. The highest BCUT2D eigenvalue weighted by Crippen LogP contribution is 2.18. The molecule has 0 spiro atoms. The number of hydrogen-bond acceptors (Lipinski definition) is 2. The molecule has 1 fully saturated rings. The average molecular weight is 227 g/mol. The first kappa shape index (κ1) is 14.0. The minimum Gasteiger partial charge on any atom is -0.380 e. The van der Waals surface area contributed by atoms with Crippen molar-refractivity contribution in [3.8, 4) is 0 Å². The third kappa shape index (κ3) is 5.31. The molecular formula is C14H29NO. The summed E-state index contributed by atoms with van der Waals surface area (Å²) in [5.74, 6) is 0.662. The Balaban J connectivity index is 2.33. The van der Waals surface area contributed by atoms with Gasteiger partial charge in [-0.3, -0.25) is 0 Å². The van der Waals surface area contributed by atoms with E-state index in [1.807, 2.05) is 0 Å². The molecule has 0 bridgehead atoms. The minimum absolute atomic E-state index is 0.531. The van der Waals surface area contributed by atoms with E-state index in [1.165, 1.54) is 38.5 Å². The van der Waals surface area contributed by atoms with E-state index in [4.69, 9.17) is 4.74 Å². The Morgan fingerprint density at radius 2 is 1.75 bits per heavy atom. The van der Waals surface area contributed by atoms with Gasteiger partial charge in [0.25, 0.3) is 0 Å². The van der Waals surface area contributed by atoms with E-state index in [0.717, 1.165) is 19.3 Å². The molecule has 0 radical (unpaired) electrons. The fraction of sp³-hybridized carbons (Fsp3) is 1.00. The van der Waals surface area contributed by atoms with Crippen molar-refractivity contribution >= 4 is 0 Å². The summed E-state index contributed by atoms with van der Waals surface area (Å²) in [6.45, 7) is 8.34. The lowest BCUT2D eigenvalue weighted by molar-refractivity contribution is 0.102. The Labute approximate surface area is 101 Å². The van der Waals surface area contributed by atoms with Crippen molar-refractivity contribution in [2.75, 3.05) is 13.2 Å². The van der Waals surface area contributed by atoms with Crippen LogP contribution in [-0.2, 0) is 4.74 Å². The molecular weight excluding hydrogens is 198 g/mol. The molecule has 1 N–H and O–H groups in total. The van der Waals surface area contributed by atoms with E-state index >= 15 is 0 Å². The Kier molecular flexibility index (Phi) is 7.06. The summed E-state index contributed by atoms with van der Waals surface area (Å²) >= 11 is 0. The summed E-state index contributed by atoms with van der Waals surface area (Å²) in [6.07, 6.45) is 8.37. The van der Waals surface area contributed by atoms with Crippen molar-refractivity contribution in [1.82, 2.24) is 5.32 Å². The van der Waals surface area contributed by atoms with Gasteiger partial charge in [0.1, 0.15) is 0 Å². The summed E-state index contributed by atoms with van der Waals surface area (Å²) in [5.41, 5.74) is 0. The third-order valence-electron chi connectivity index (χ3n) is 3.61. The fourth-order valence-corrected chi connectivity index (χ4v) is 2.43. The number of rotatable bonds is 6. The van der Waals surface area contributed by atoms with Crippen LogP contribution in [0.5, 0.6) is 0 Å². The quantitative estimate of drug-likeness (QED) is 0.703. The van der Waals surface area contributed by atoms with Gasteiger partial charge in [0.05, 0.1) is 6.61 Å². The van der Waals surface area contributed by atoms with Gasteiger partial charge in [0.2, 0.25) is 0 Å². The first-order valence-electron chi connectivity index (χ1n) is 7.07. The lowest BCUT2D eigenvalue weighted by atomic mass is 10.0. The van der Waals surface area contributed by atoms with Crippen LogP contribution in [0.3, 0.4) is 0 Å². The smallest absolute Gasteiger partial charge is 0.0622 e. The van der Waals surface area contributed by atoms with Crippen molar-refractivity contribution in [3.05, 3.63) is 0 Å². The highest BCUT2D eigenvalue weighted by Gasteiger charge is 2.19. The molecule has 1 aliphatic carbocycles. The monoisotopic (exact) mass is 227 g/mol. The standard InChI is InChI=1S/C14H29NO/c1-4-16-11-14(12(2)3)15-13-9-7-5-6-8-10-13/h12-15H,4-11H2,1-3H3. The lowest BCUT2D eigenvalue weighted by Crippen LogP contribution is -2.44. The number of nitrogens with one attached hydrogen (secondary N) is 1. The molecule has 1 saturated carbocycles. The largest absolute Gasteiger partial charge is 0.380 e. The van der Waals surface area contributed by atoms with Crippen molar-refractivity contribution in [2.45, 2.75) is 71.4 Å². The number of ether oxygens (including phenoxy) is 1. The Hall–Kier alpha value is -0.0800. The average Bonchev–Trinajstić information content (AvgIpc) is 2.52. The molecule has 0 aromatic carbocycles. The van der Waals surface area contributed by atoms with Crippen molar-refractivity contribution in [3.63, 3.8) is 0 Å². The molecule has 16 heavy (non-hydrogen) atoms. The molecule has 1 unspecified atom stereocenters. The van der Waals surface area contributed by atoms with Gasteiger partial charge in [0.15, 0.2) is 0 Å². The molecule has 96 valence electrons. The third-order valence-corrected chi connectivity index (χ3v) is 3.61. The van der Waals surface area contributed by atoms with Crippen LogP contribution in [0.25, 0.3) is 0 Å². The van der Waals surface area contributed by atoms with Crippen molar-refractivity contribution in [2.24, 2.45) is 5.92 Å². The van der Waals surface area contributed by atoms with Gasteiger partial charge >= 0.3 is 0 Å². The van der Waals surface area contributed by atoms with Crippen LogP contribution in [0.1, 0.15) is 59.3 Å². The van der Waals surface area contributed by atoms with E-state index in [1.54, 1.807) is 0 Å². The topological polar surface area (TPSA) is 21.3 Å². The van der Waals surface area contributed by atoms with Crippen LogP contribution in [0.4, 0.5) is 0 Å². The molecule has 0 saturated heterocycles. The van der Waals surface area contributed by atoms with Gasteiger partial charge in [-0.2, -0.15) is 0 Å². The van der Waals surface area contributed by atoms with Gasteiger partial charge in [-0.1, -0.05) is 39.5 Å². The van der Waals surface area contributed by atoms with E-state index in [9.17, 15) is 0 Å². The number of hydrogen-bond donors (Lipinski definition) is 1. The molecule has 0 aromatic heterocycles. The van der Waals surface area contributed by atoms with Crippen LogP contribution in [0, 0.1) is 5.92 Å². The zero-order chi connectivity index (χ0) is 11.8. The van der Waals surface area contributed by atoms with Crippen molar-refractivity contribution < 1.29 is 4.74 Å². The molecule has 2 nitrogen and oxygen atoms in total. The predicted octanol–water partition coefficient (Wildman–Crippen LogP) is 3.36. The van der Waals surface area contributed by atoms with Crippen molar-refractivity contribution in [1.29, 1.82) is 0 Å². The van der Waals surface area contributed by atoms with Crippen LogP contribution in [0.15, 0.2) is 0 Å². The zero-order valence-corrected chi connectivity index (χ0v) is 11.3. The fourth-order valence-electron chi connectivity index (χ4n) is 2.43. The van der Waals surface area contributed by atoms with Gasteiger partial charge in [-0.25, -0.2) is 0 Å². The second kappa shape index (κ2) is 8.08. The van der Waals surface area contributed by atoms with Crippen LogP contribution in [0.2, 0.25) is 0 Å². The first-order valence-corrected chi connectivity index (χ1v) is 7.07. The maximum atomic E-state index is 5.57. The second-order valence-electron chi connectivity index (χ2n) is 5.37. The maximum absolute atomic E-state index is 5.57. The summed E-state index contributed by atoms with van der Waals surface area (Å²) < 4.78 is 5.57. The summed E-state index contributed by atoms with van der Waals surface area (Å²) in [5, 5.41) is 3.81. The van der Waals surface area contributed by atoms with Crippen LogP contribution >= 0.6 is 0 Å². The molecule has 1 rings (SSSR count). The van der Waals surface area contributed by atoms with Gasteiger partial charge in [0, 0.05) is 18.7 Å². The van der Waals surface area contributed by atoms with E-state index < -0.39 is 0 Å². The van der Waals surface area contributed by atoms with E-state index in [0.29, 0.717) is 12.0 Å². The first-order chi connectivity index (χ1) is 7.74. The maximum Gasteiger partial charge on any atom is 0.0622 e. The SMILES string of the molecule is CCOCC(NC1CCCCCC1)C(C)C. The van der Waals surface area contributed by atoms with Gasteiger partial charge in [-0.15, -0.1) is 0 Å².